The van der Waals surface area contributed by atoms with Crippen molar-refractivity contribution < 1.29 is 19.5 Å². The quantitative estimate of drug-likeness (QED) is 0.729. The number of carboxylic acids is 1. The number of nitrogens with one attached hydrogen (secondary N) is 1. The van der Waals surface area contributed by atoms with Gasteiger partial charge < -0.3 is 16.2 Å². The molecular weight excluding hydrogens is 248 g/mol. The second-order valence-electron chi connectivity index (χ2n) is 4.86. The van der Waals surface area contributed by atoms with E-state index in [0.29, 0.717) is 5.56 Å². The lowest BCUT2D eigenvalue weighted by molar-refractivity contribution is -0.119. The number of amides is 2. The molecule has 0 aliphatic heterocycles. The number of benzene rings is 1. The Morgan fingerprint density at radius 1 is 1.16 bits per heavy atom. The minimum absolute atomic E-state index is 0.0198. The first-order chi connectivity index (χ1) is 8.71. The van der Waals surface area contributed by atoms with E-state index in [1.54, 1.807) is 13.8 Å². The summed E-state index contributed by atoms with van der Waals surface area (Å²) in [7, 11) is 0. The molecule has 1 aromatic rings. The number of carbonyl (C=O) groups excluding carboxylic acids is 2. The van der Waals surface area contributed by atoms with Gasteiger partial charge in [0.25, 0.3) is 5.91 Å². The van der Waals surface area contributed by atoms with Crippen LogP contribution in [0.15, 0.2) is 24.3 Å². The third-order valence-electron chi connectivity index (χ3n) is 2.46. The fraction of sp³-hybridized carbons (Fsp3) is 0.308. The van der Waals surface area contributed by atoms with Crippen molar-refractivity contribution in [2.45, 2.75) is 25.8 Å². The second-order valence-corrected chi connectivity index (χ2v) is 4.86. The topological polar surface area (TPSA) is 109 Å². The molecule has 6 nitrogen and oxygen atoms in total. The molecule has 0 aliphatic carbocycles. The number of rotatable bonds is 5. The molecule has 1 aromatic carbocycles. The van der Waals surface area contributed by atoms with Crippen molar-refractivity contribution in [3.05, 3.63) is 35.4 Å². The minimum Gasteiger partial charge on any atom is -0.478 e. The molecule has 0 spiro atoms. The molecule has 1 rings (SSSR count). The number of carbonyl (C=O) groups is 3. The van der Waals surface area contributed by atoms with Gasteiger partial charge >= 0.3 is 5.97 Å². The van der Waals surface area contributed by atoms with Crippen molar-refractivity contribution >= 4 is 17.8 Å². The SMILES string of the molecule is CC(C)(CC(N)=O)NC(=O)c1ccc(C(=O)O)cc1. The van der Waals surface area contributed by atoms with Gasteiger partial charge in [-0.15, -0.1) is 0 Å². The number of aromatic carboxylic acids is 1. The molecule has 0 fully saturated rings. The van der Waals surface area contributed by atoms with Gasteiger partial charge in [0.2, 0.25) is 5.91 Å². The molecule has 0 bridgehead atoms. The predicted molar refractivity (Wildman–Crippen MR) is 68.8 cm³/mol. The molecule has 0 aromatic heterocycles. The fourth-order valence-corrected chi connectivity index (χ4v) is 1.62. The molecule has 0 unspecified atom stereocenters. The summed E-state index contributed by atoms with van der Waals surface area (Å²) in [5, 5.41) is 11.4. The summed E-state index contributed by atoms with van der Waals surface area (Å²) in [6.45, 7) is 3.36. The standard InChI is InChI=1S/C13H16N2O4/c1-13(2,7-10(14)16)15-11(17)8-3-5-9(6-4-8)12(18)19/h3-6H,7H2,1-2H3,(H2,14,16)(H,15,17)(H,18,19). The molecule has 0 aliphatic rings. The van der Waals surface area contributed by atoms with Crippen molar-refractivity contribution in [3.8, 4) is 0 Å². The average molecular weight is 264 g/mol. The predicted octanol–water partition coefficient (Wildman–Crippen LogP) is 0.769. The Balaban J connectivity index is 2.78. The van der Waals surface area contributed by atoms with E-state index in [4.69, 9.17) is 10.8 Å². The first-order valence-electron chi connectivity index (χ1n) is 5.65. The van der Waals surface area contributed by atoms with E-state index in [1.807, 2.05) is 0 Å². The van der Waals surface area contributed by atoms with Gasteiger partial charge in [0.15, 0.2) is 0 Å². The average Bonchev–Trinajstić information content (AvgIpc) is 2.26. The van der Waals surface area contributed by atoms with E-state index in [0.717, 1.165) is 0 Å². The summed E-state index contributed by atoms with van der Waals surface area (Å²) >= 11 is 0. The number of nitrogens with two attached hydrogens (primary N) is 1. The largest absolute Gasteiger partial charge is 0.478 e. The Morgan fingerprint density at radius 3 is 2.05 bits per heavy atom. The third-order valence-corrected chi connectivity index (χ3v) is 2.46. The summed E-state index contributed by atoms with van der Waals surface area (Å²) in [6.07, 6.45) is 0.0198. The van der Waals surface area contributed by atoms with Crippen molar-refractivity contribution in [1.29, 1.82) is 0 Å². The van der Waals surface area contributed by atoms with Crippen LogP contribution in [0.3, 0.4) is 0 Å². The Morgan fingerprint density at radius 2 is 1.63 bits per heavy atom. The number of primary amides is 1. The highest BCUT2D eigenvalue weighted by atomic mass is 16.4. The Bertz CT molecular complexity index is 506. The second kappa shape index (κ2) is 5.51. The lowest BCUT2D eigenvalue weighted by Gasteiger charge is -2.24. The van der Waals surface area contributed by atoms with Crippen molar-refractivity contribution in [2.24, 2.45) is 5.73 Å². The number of hydrogen-bond acceptors (Lipinski definition) is 3. The van der Waals surface area contributed by atoms with Gasteiger partial charge in [0, 0.05) is 17.5 Å². The van der Waals surface area contributed by atoms with E-state index >= 15 is 0 Å². The zero-order valence-corrected chi connectivity index (χ0v) is 10.8. The summed E-state index contributed by atoms with van der Waals surface area (Å²) in [5.74, 6) is -1.95. The Labute approximate surface area is 110 Å². The van der Waals surface area contributed by atoms with Crippen molar-refractivity contribution in [2.75, 3.05) is 0 Å². The molecule has 2 amide bonds. The molecule has 4 N–H and O–H groups in total. The van der Waals surface area contributed by atoms with Crippen LogP contribution in [0, 0.1) is 0 Å². The zero-order chi connectivity index (χ0) is 14.6. The normalized spacial score (nSPS) is 10.8. The molecule has 6 heteroatoms. The highest BCUT2D eigenvalue weighted by molar-refractivity contribution is 5.96. The van der Waals surface area contributed by atoms with E-state index in [-0.39, 0.29) is 17.9 Å². The molecule has 0 heterocycles. The van der Waals surface area contributed by atoms with Crippen LogP contribution in [0.5, 0.6) is 0 Å². The first-order valence-corrected chi connectivity index (χ1v) is 5.65. The van der Waals surface area contributed by atoms with Crippen molar-refractivity contribution in [1.82, 2.24) is 5.32 Å². The van der Waals surface area contributed by atoms with Crippen LogP contribution in [-0.2, 0) is 4.79 Å². The monoisotopic (exact) mass is 264 g/mol. The van der Waals surface area contributed by atoms with Gasteiger partial charge in [-0.25, -0.2) is 4.79 Å². The Hall–Kier alpha value is -2.37. The summed E-state index contributed by atoms with van der Waals surface area (Å²) in [5.41, 5.74) is 4.76. The highest BCUT2D eigenvalue weighted by Gasteiger charge is 2.23. The lowest BCUT2D eigenvalue weighted by Crippen LogP contribution is -2.46. The van der Waals surface area contributed by atoms with Gasteiger partial charge in [-0.2, -0.15) is 0 Å². The number of hydrogen-bond donors (Lipinski definition) is 3. The smallest absolute Gasteiger partial charge is 0.335 e. The third kappa shape index (κ3) is 4.42. The van der Waals surface area contributed by atoms with Gasteiger partial charge in [-0.05, 0) is 38.1 Å². The maximum absolute atomic E-state index is 11.9. The van der Waals surface area contributed by atoms with Crippen LogP contribution in [0.2, 0.25) is 0 Å². The first kappa shape index (κ1) is 14.7. The molecule has 0 atom stereocenters. The van der Waals surface area contributed by atoms with Gasteiger partial charge in [0.1, 0.15) is 0 Å². The van der Waals surface area contributed by atoms with Gasteiger partial charge in [-0.1, -0.05) is 0 Å². The van der Waals surface area contributed by atoms with Crippen molar-refractivity contribution in [3.63, 3.8) is 0 Å². The van der Waals surface area contributed by atoms with Crippen LogP contribution in [0.1, 0.15) is 41.0 Å². The molecular formula is C13H16N2O4. The highest BCUT2D eigenvalue weighted by Crippen LogP contribution is 2.10. The van der Waals surface area contributed by atoms with Crippen LogP contribution >= 0.6 is 0 Å². The molecule has 19 heavy (non-hydrogen) atoms. The maximum atomic E-state index is 11.9. The Kier molecular flexibility index (Phi) is 4.26. The fourth-order valence-electron chi connectivity index (χ4n) is 1.62. The van der Waals surface area contributed by atoms with E-state index in [1.165, 1.54) is 24.3 Å². The minimum atomic E-state index is -1.05. The zero-order valence-electron chi connectivity index (χ0n) is 10.8. The molecule has 0 saturated heterocycles. The summed E-state index contributed by atoms with van der Waals surface area (Å²) < 4.78 is 0. The van der Waals surface area contributed by atoms with Crippen LogP contribution in [0.25, 0.3) is 0 Å². The summed E-state index contributed by atoms with van der Waals surface area (Å²) in [6, 6.07) is 5.52. The maximum Gasteiger partial charge on any atom is 0.335 e. The van der Waals surface area contributed by atoms with Crippen LogP contribution in [0.4, 0.5) is 0 Å². The number of carboxylic acid groups (broad SMARTS) is 1. The van der Waals surface area contributed by atoms with Gasteiger partial charge in [-0.3, -0.25) is 9.59 Å². The summed E-state index contributed by atoms with van der Waals surface area (Å²) in [4.78, 5) is 33.5. The van der Waals surface area contributed by atoms with Crippen LogP contribution < -0.4 is 11.1 Å². The van der Waals surface area contributed by atoms with E-state index < -0.39 is 17.4 Å². The molecule has 0 radical (unpaired) electrons. The van der Waals surface area contributed by atoms with Gasteiger partial charge in [0.05, 0.1) is 5.56 Å². The van der Waals surface area contributed by atoms with E-state index in [9.17, 15) is 14.4 Å². The lowest BCUT2D eigenvalue weighted by atomic mass is 9.99. The molecule has 102 valence electrons. The van der Waals surface area contributed by atoms with Crippen LogP contribution in [-0.4, -0.2) is 28.4 Å². The van der Waals surface area contributed by atoms with E-state index in [2.05, 4.69) is 5.32 Å². The molecule has 0 saturated carbocycles.